The molecule has 172 valence electrons. The molecule has 9 heteroatoms. The van der Waals surface area contributed by atoms with E-state index in [9.17, 15) is 22.0 Å². The second kappa shape index (κ2) is 9.19. The van der Waals surface area contributed by atoms with Gasteiger partial charge < -0.3 is 4.90 Å². The van der Waals surface area contributed by atoms with Gasteiger partial charge in [0, 0.05) is 30.0 Å². The zero-order valence-corrected chi connectivity index (χ0v) is 18.8. The fourth-order valence-corrected chi connectivity index (χ4v) is 4.91. The van der Waals surface area contributed by atoms with Crippen molar-refractivity contribution in [1.82, 2.24) is 4.90 Å². The van der Waals surface area contributed by atoms with Gasteiger partial charge in [-0.05, 0) is 73.5 Å². The van der Waals surface area contributed by atoms with Gasteiger partial charge in [-0.15, -0.1) is 0 Å². The molecule has 0 aromatic heterocycles. The number of aryl methyl sites for hydroxylation is 1. The molecule has 4 rings (SSSR count). The molecule has 1 heterocycles. The van der Waals surface area contributed by atoms with E-state index in [2.05, 4.69) is 4.72 Å². The first kappa shape index (κ1) is 22.7. The molecule has 2 amide bonds. The molecule has 0 bridgehead atoms. The number of hydrogen-bond donors (Lipinski definition) is 1. The van der Waals surface area contributed by atoms with E-state index in [0.717, 1.165) is 23.8 Å². The summed E-state index contributed by atoms with van der Waals surface area (Å²) in [6.45, 7) is 2.68. The Balaban J connectivity index is 1.48. The van der Waals surface area contributed by atoms with Gasteiger partial charge in [-0.25, -0.2) is 22.0 Å². The molecular weight excluding hydrogens is 448 g/mol. The Bertz CT molecular complexity index is 1280. The van der Waals surface area contributed by atoms with E-state index in [1.807, 2.05) is 13.0 Å². The fraction of sp³-hybridized carbons (Fsp3) is 0.208. The minimum absolute atomic E-state index is 0.0344. The maximum Gasteiger partial charge on any atom is 0.324 e. The van der Waals surface area contributed by atoms with Crippen LogP contribution >= 0.6 is 0 Å². The molecule has 33 heavy (non-hydrogen) atoms. The summed E-state index contributed by atoms with van der Waals surface area (Å²) in [5.41, 5.74) is 1.90. The van der Waals surface area contributed by atoms with Crippen molar-refractivity contribution in [2.45, 2.75) is 24.8 Å². The van der Waals surface area contributed by atoms with Crippen LogP contribution in [0.25, 0.3) is 0 Å². The molecule has 0 saturated carbocycles. The van der Waals surface area contributed by atoms with Crippen LogP contribution in [0.4, 0.5) is 25.0 Å². The standard InChI is InChI=1S/C24H23F2N3O3S/c1-17-4-2-5-22(14-17)33(31,32)27-20-7-9-21(10-8-20)29-13-3-12-28(24(29)30)16-18-15-19(25)6-11-23(18)26/h2,4-11,14-15,27H,3,12-13,16H2,1H3. The predicted octanol–water partition coefficient (Wildman–Crippen LogP) is 4.91. The molecule has 3 aromatic rings. The van der Waals surface area contributed by atoms with Crippen LogP contribution in [-0.4, -0.2) is 32.4 Å². The molecule has 0 radical (unpaired) electrons. The van der Waals surface area contributed by atoms with Crippen LogP contribution in [0.5, 0.6) is 0 Å². The second-order valence-electron chi connectivity index (χ2n) is 7.91. The van der Waals surface area contributed by atoms with Gasteiger partial charge >= 0.3 is 6.03 Å². The van der Waals surface area contributed by atoms with Crippen molar-refractivity contribution in [3.05, 3.63) is 89.5 Å². The van der Waals surface area contributed by atoms with Crippen LogP contribution in [0.2, 0.25) is 0 Å². The molecule has 3 aromatic carbocycles. The number of halogens is 2. The zero-order valence-electron chi connectivity index (χ0n) is 18.0. The van der Waals surface area contributed by atoms with Gasteiger partial charge in [-0.1, -0.05) is 12.1 Å². The molecule has 0 spiro atoms. The minimum atomic E-state index is -3.74. The largest absolute Gasteiger partial charge is 0.324 e. The maximum absolute atomic E-state index is 14.0. The van der Waals surface area contributed by atoms with Crippen LogP contribution in [-0.2, 0) is 16.6 Å². The Morgan fingerprint density at radius 2 is 1.73 bits per heavy atom. The van der Waals surface area contributed by atoms with E-state index in [1.54, 1.807) is 41.3 Å². The maximum atomic E-state index is 14.0. The molecule has 1 saturated heterocycles. The van der Waals surface area contributed by atoms with E-state index < -0.39 is 21.7 Å². The highest BCUT2D eigenvalue weighted by atomic mass is 32.2. The number of amides is 2. The number of nitrogens with zero attached hydrogens (tertiary/aromatic N) is 2. The van der Waals surface area contributed by atoms with Crippen molar-refractivity contribution >= 4 is 27.4 Å². The molecule has 1 aliphatic rings. The molecule has 0 atom stereocenters. The van der Waals surface area contributed by atoms with Crippen molar-refractivity contribution in [2.75, 3.05) is 22.7 Å². The number of hydrogen-bond acceptors (Lipinski definition) is 3. The van der Waals surface area contributed by atoms with Gasteiger partial charge in [-0.2, -0.15) is 0 Å². The van der Waals surface area contributed by atoms with Gasteiger partial charge in [-0.3, -0.25) is 9.62 Å². The van der Waals surface area contributed by atoms with Gasteiger partial charge in [0.2, 0.25) is 0 Å². The number of nitrogens with one attached hydrogen (secondary N) is 1. The summed E-state index contributed by atoms with van der Waals surface area (Å²) in [6, 6.07) is 15.9. The first-order valence-corrected chi connectivity index (χ1v) is 11.9. The lowest BCUT2D eigenvalue weighted by Gasteiger charge is -2.35. The molecular formula is C24H23F2N3O3S. The summed E-state index contributed by atoms with van der Waals surface area (Å²) in [7, 11) is -3.74. The summed E-state index contributed by atoms with van der Waals surface area (Å²) in [6.07, 6.45) is 0.657. The molecule has 0 unspecified atom stereocenters. The summed E-state index contributed by atoms with van der Waals surface area (Å²) < 4.78 is 55.3. The highest BCUT2D eigenvalue weighted by Crippen LogP contribution is 2.25. The molecule has 1 N–H and O–H groups in total. The van der Waals surface area contributed by atoms with Crippen LogP contribution in [0.15, 0.2) is 71.6 Å². The summed E-state index contributed by atoms with van der Waals surface area (Å²) in [5, 5.41) is 0. The summed E-state index contributed by atoms with van der Waals surface area (Å²) in [5.74, 6) is -1.12. The Labute approximate surface area is 191 Å². The summed E-state index contributed by atoms with van der Waals surface area (Å²) >= 11 is 0. The normalized spacial score (nSPS) is 14.5. The number of urea groups is 1. The van der Waals surface area contributed by atoms with Crippen LogP contribution in [0.3, 0.4) is 0 Å². The SMILES string of the molecule is Cc1cccc(S(=O)(=O)Nc2ccc(N3CCCN(Cc4cc(F)ccc4F)C3=O)cc2)c1. The zero-order chi connectivity index (χ0) is 23.6. The molecule has 6 nitrogen and oxygen atoms in total. The molecule has 1 fully saturated rings. The fourth-order valence-electron chi connectivity index (χ4n) is 3.74. The number of rotatable bonds is 6. The first-order valence-electron chi connectivity index (χ1n) is 10.4. The van der Waals surface area contributed by atoms with Crippen molar-refractivity contribution < 1.29 is 22.0 Å². The van der Waals surface area contributed by atoms with E-state index in [-0.39, 0.29) is 23.0 Å². The highest BCUT2D eigenvalue weighted by molar-refractivity contribution is 7.92. The topological polar surface area (TPSA) is 69.7 Å². The van der Waals surface area contributed by atoms with Gasteiger partial charge in [0.1, 0.15) is 11.6 Å². The Hall–Kier alpha value is -3.46. The van der Waals surface area contributed by atoms with Crippen LogP contribution < -0.4 is 9.62 Å². The monoisotopic (exact) mass is 471 g/mol. The quantitative estimate of drug-likeness (QED) is 0.556. The van der Waals surface area contributed by atoms with Crippen molar-refractivity contribution in [1.29, 1.82) is 0 Å². The lowest BCUT2D eigenvalue weighted by Crippen LogP contribution is -2.49. The Morgan fingerprint density at radius 1 is 0.970 bits per heavy atom. The summed E-state index contributed by atoms with van der Waals surface area (Å²) in [4.78, 5) is 16.2. The predicted molar refractivity (Wildman–Crippen MR) is 123 cm³/mol. The van der Waals surface area contributed by atoms with Crippen molar-refractivity contribution in [3.8, 4) is 0 Å². The Kier molecular flexibility index (Phi) is 6.33. The number of benzene rings is 3. The average Bonchev–Trinajstić information content (AvgIpc) is 2.78. The van der Waals surface area contributed by atoms with Crippen molar-refractivity contribution in [2.24, 2.45) is 0 Å². The number of carbonyl (C=O) groups excluding carboxylic acids is 1. The third kappa shape index (κ3) is 5.14. The lowest BCUT2D eigenvalue weighted by atomic mass is 10.1. The van der Waals surface area contributed by atoms with Crippen molar-refractivity contribution in [3.63, 3.8) is 0 Å². The molecule has 1 aliphatic heterocycles. The van der Waals surface area contributed by atoms with Gasteiger partial charge in [0.25, 0.3) is 10.0 Å². The average molecular weight is 472 g/mol. The number of anilines is 2. The van der Waals surface area contributed by atoms with E-state index >= 15 is 0 Å². The number of sulfonamides is 1. The minimum Gasteiger partial charge on any atom is -0.320 e. The van der Waals surface area contributed by atoms with E-state index in [4.69, 9.17) is 0 Å². The number of carbonyl (C=O) groups is 1. The third-order valence-electron chi connectivity index (χ3n) is 5.41. The van der Waals surface area contributed by atoms with E-state index in [0.29, 0.717) is 30.9 Å². The Morgan fingerprint density at radius 3 is 2.45 bits per heavy atom. The second-order valence-corrected chi connectivity index (χ2v) is 9.60. The highest BCUT2D eigenvalue weighted by Gasteiger charge is 2.27. The van der Waals surface area contributed by atoms with Crippen LogP contribution in [0.1, 0.15) is 17.5 Å². The van der Waals surface area contributed by atoms with Gasteiger partial charge in [0.05, 0.1) is 11.4 Å². The lowest BCUT2D eigenvalue weighted by molar-refractivity contribution is 0.191. The first-order chi connectivity index (χ1) is 15.7. The van der Waals surface area contributed by atoms with Crippen LogP contribution in [0, 0.1) is 18.6 Å². The smallest absolute Gasteiger partial charge is 0.320 e. The molecule has 0 aliphatic carbocycles. The van der Waals surface area contributed by atoms with E-state index in [1.165, 1.54) is 11.0 Å². The third-order valence-corrected chi connectivity index (χ3v) is 6.79. The van der Waals surface area contributed by atoms with Gasteiger partial charge in [0.15, 0.2) is 0 Å².